The molecule has 0 aromatic rings. The molecule has 0 unspecified atom stereocenters. The zero-order chi connectivity index (χ0) is 12.2. The van der Waals surface area contributed by atoms with E-state index in [2.05, 4.69) is 20.8 Å². The molecule has 0 heterocycles. The van der Waals surface area contributed by atoms with Crippen LogP contribution in [0.4, 0.5) is 0 Å². The average Bonchev–Trinajstić information content (AvgIpc) is 2.42. The Labute approximate surface area is 98.7 Å². The minimum Gasteiger partial charge on any atom is -0.512 e. The molecule has 0 aromatic heterocycles. The number of aliphatic hydroxyl groups is 1. The largest absolute Gasteiger partial charge is 0.512 e. The molecule has 0 saturated carbocycles. The van der Waals surface area contributed by atoms with Crippen molar-refractivity contribution in [3.05, 3.63) is 11.3 Å². The summed E-state index contributed by atoms with van der Waals surface area (Å²) in [5.41, 5.74) is 1.41. The van der Waals surface area contributed by atoms with E-state index >= 15 is 0 Å². The van der Waals surface area contributed by atoms with E-state index in [1.165, 1.54) is 19.3 Å². The van der Waals surface area contributed by atoms with Crippen molar-refractivity contribution in [2.45, 2.75) is 65.7 Å². The fraction of sp³-hybridized carbons (Fsp3) is 0.786. The highest BCUT2D eigenvalue weighted by Gasteiger charge is 2.20. The predicted molar refractivity (Wildman–Crippen MR) is 66.4 cm³/mol. The number of ketones is 1. The van der Waals surface area contributed by atoms with E-state index in [0.29, 0.717) is 17.6 Å². The molecule has 0 radical (unpaired) electrons. The summed E-state index contributed by atoms with van der Waals surface area (Å²) in [7, 11) is 0. The Balaban J connectivity index is 2.12. The van der Waals surface area contributed by atoms with Gasteiger partial charge in [0.1, 0.15) is 5.78 Å². The predicted octanol–water partition coefficient (Wildman–Crippen LogP) is 4.16. The highest BCUT2D eigenvalue weighted by atomic mass is 16.3. The summed E-state index contributed by atoms with van der Waals surface area (Å²) in [6.07, 6.45) is 6.46. The van der Waals surface area contributed by atoms with Gasteiger partial charge >= 0.3 is 0 Å². The van der Waals surface area contributed by atoms with Crippen molar-refractivity contribution in [2.24, 2.45) is 5.41 Å². The van der Waals surface area contributed by atoms with E-state index in [9.17, 15) is 9.90 Å². The van der Waals surface area contributed by atoms with E-state index in [1.54, 1.807) is 0 Å². The molecule has 0 spiro atoms. The van der Waals surface area contributed by atoms with Crippen molar-refractivity contribution in [2.75, 3.05) is 0 Å². The van der Waals surface area contributed by atoms with Gasteiger partial charge in [0, 0.05) is 6.42 Å². The molecule has 0 amide bonds. The zero-order valence-corrected chi connectivity index (χ0v) is 10.8. The average molecular weight is 224 g/mol. The lowest BCUT2D eigenvalue weighted by molar-refractivity contribution is -0.117. The maximum absolute atomic E-state index is 11.1. The molecular weight excluding hydrogens is 200 g/mol. The molecular formula is C14H24O2. The van der Waals surface area contributed by atoms with Gasteiger partial charge in [0.15, 0.2) is 0 Å². The maximum atomic E-state index is 11.1. The Hall–Kier alpha value is -0.790. The molecule has 1 rings (SSSR count). The fourth-order valence-electron chi connectivity index (χ4n) is 2.12. The summed E-state index contributed by atoms with van der Waals surface area (Å²) in [5.74, 6) is 0.517. The van der Waals surface area contributed by atoms with Gasteiger partial charge in [-0.1, -0.05) is 33.6 Å². The van der Waals surface area contributed by atoms with E-state index in [1.807, 2.05) is 0 Å². The lowest BCUT2D eigenvalue weighted by Crippen LogP contribution is -2.03. The highest BCUT2D eigenvalue weighted by Crippen LogP contribution is 2.27. The number of aliphatic hydroxyl groups excluding tert-OH is 1. The molecule has 0 aliphatic heterocycles. The fourth-order valence-corrected chi connectivity index (χ4v) is 2.12. The van der Waals surface area contributed by atoms with Crippen LogP contribution in [0.15, 0.2) is 11.3 Å². The quantitative estimate of drug-likeness (QED) is 0.712. The van der Waals surface area contributed by atoms with Gasteiger partial charge in [-0.25, -0.2) is 0 Å². The van der Waals surface area contributed by atoms with Gasteiger partial charge in [-0.05, 0) is 30.3 Å². The van der Waals surface area contributed by atoms with Gasteiger partial charge in [-0.15, -0.1) is 0 Å². The highest BCUT2D eigenvalue weighted by molar-refractivity contribution is 5.86. The van der Waals surface area contributed by atoms with Crippen LogP contribution >= 0.6 is 0 Å². The Morgan fingerprint density at radius 1 is 1.12 bits per heavy atom. The van der Waals surface area contributed by atoms with E-state index in [0.717, 1.165) is 18.4 Å². The normalized spacial score (nSPS) is 17.3. The van der Waals surface area contributed by atoms with Gasteiger partial charge < -0.3 is 5.11 Å². The summed E-state index contributed by atoms with van der Waals surface area (Å²) in [5, 5.41) is 9.50. The third-order valence-corrected chi connectivity index (χ3v) is 3.09. The first kappa shape index (κ1) is 13.3. The van der Waals surface area contributed by atoms with Crippen LogP contribution in [0.25, 0.3) is 0 Å². The molecule has 0 saturated heterocycles. The summed E-state index contributed by atoms with van der Waals surface area (Å²) in [4.78, 5) is 11.1. The second-order valence-corrected chi connectivity index (χ2v) is 6.06. The van der Waals surface area contributed by atoms with E-state index < -0.39 is 0 Å². The van der Waals surface area contributed by atoms with E-state index in [4.69, 9.17) is 0 Å². The molecule has 1 aliphatic carbocycles. The van der Waals surface area contributed by atoms with Crippen LogP contribution in [0.5, 0.6) is 0 Å². The first-order valence-electron chi connectivity index (χ1n) is 6.30. The number of hydrogen-bond donors (Lipinski definition) is 1. The number of carbonyl (C=O) groups is 1. The molecule has 1 aliphatic rings. The standard InChI is InChI=1S/C14H24O2/c1-14(2,3)8-6-4-5-7-11-9-12(15)10-13(11)16/h16H,4-10H2,1-3H3. The second-order valence-electron chi connectivity index (χ2n) is 6.06. The first-order chi connectivity index (χ1) is 7.38. The van der Waals surface area contributed by atoms with Crippen molar-refractivity contribution in [3.8, 4) is 0 Å². The Bertz CT molecular complexity index is 282. The van der Waals surface area contributed by atoms with Crippen LogP contribution in [0.2, 0.25) is 0 Å². The van der Waals surface area contributed by atoms with E-state index in [-0.39, 0.29) is 12.2 Å². The lowest BCUT2D eigenvalue weighted by Gasteiger charge is -2.17. The summed E-state index contributed by atoms with van der Waals surface area (Å²) in [6.45, 7) is 6.78. The van der Waals surface area contributed by atoms with Crippen molar-refractivity contribution < 1.29 is 9.90 Å². The lowest BCUT2D eigenvalue weighted by atomic mass is 9.89. The molecule has 1 N–H and O–H groups in total. The van der Waals surface area contributed by atoms with Crippen LogP contribution in [0.1, 0.15) is 65.7 Å². The van der Waals surface area contributed by atoms with Crippen molar-refractivity contribution in [3.63, 3.8) is 0 Å². The molecule has 0 bridgehead atoms. The first-order valence-corrected chi connectivity index (χ1v) is 6.30. The third-order valence-electron chi connectivity index (χ3n) is 3.09. The number of unbranched alkanes of at least 4 members (excludes halogenated alkanes) is 2. The number of carbonyl (C=O) groups excluding carboxylic acids is 1. The maximum Gasteiger partial charge on any atom is 0.144 e. The Morgan fingerprint density at radius 2 is 1.81 bits per heavy atom. The summed E-state index contributed by atoms with van der Waals surface area (Å²) < 4.78 is 0. The van der Waals surface area contributed by atoms with Crippen molar-refractivity contribution in [1.82, 2.24) is 0 Å². The minimum atomic E-state index is 0.169. The molecule has 92 valence electrons. The van der Waals surface area contributed by atoms with Crippen molar-refractivity contribution in [1.29, 1.82) is 0 Å². The van der Waals surface area contributed by atoms with Gasteiger partial charge in [-0.2, -0.15) is 0 Å². The molecule has 2 heteroatoms. The number of hydrogen-bond acceptors (Lipinski definition) is 2. The monoisotopic (exact) mass is 224 g/mol. The van der Waals surface area contributed by atoms with Gasteiger partial charge in [0.25, 0.3) is 0 Å². The van der Waals surface area contributed by atoms with Crippen LogP contribution < -0.4 is 0 Å². The molecule has 0 fully saturated rings. The third kappa shape index (κ3) is 4.82. The van der Waals surface area contributed by atoms with Crippen molar-refractivity contribution >= 4 is 5.78 Å². The van der Waals surface area contributed by atoms with Crippen LogP contribution in [-0.4, -0.2) is 10.9 Å². The zero-order valence-electron chi connectivity index (χ0n) is 10.8. The number of rotatable bonds is 5. The van der Waals surface area contributed by atoms with Gasteiger partial charge in [0.05, 0.1) is 12.2 Å². The molecule has 2 nitrogen and oxygen atoms in total. The Kier molecular flexibility index (Phi) is 4.57. The number of allylic oxidation sites excluding steroid dienone is 2. The van der Waals surface area contributed by atoms with Gasteiger partial charge in [-0.3, -0.25) is 4.79 Å². The molecule has 16 heavy (non-hydrogen) atoms. The topological polar surface area (TPSA) is 37.3 Å². The molecule has 0 atom stereocenters. The van der Waals surface area contributed by atoms with Gasteiger partial charge in [0.2, 0.25) is 0 Å². The van der Waals surface area contributed by atoms with Crippen LogP contribution in [0, 0.1) is 5.41 Å². The summed E-state index contributed by atoms with van der Waals surface area (Å²) >= 11 is 0. The Morgan fingerprint density at radius 3 is 2.31 bits per heavy atom. The smallest absolute Gasteiger partial charge is 0.144 e. The van der Waals surface area contributed by atoms with Crippen LogP contribution in [0.3, 0.4) is 0 Å². The number of Topliss-reactive ketones (excluding diaryl/α,β-unsaturated/α-hetero) is 1. The minimum absolute atomic E-state index is 0.169. The second kappa shape index (κ2) is 5.51. The summed E-state index contributed by atoms with van der Waals surface area (Å²) in [6, 6.07) is 0. The van der Waals surface area contributed by atoms with Crippen LogP contribution in [-0.2, 0) is 4.79 Å². The SMILES string of the molecule is CC(C)(C)CCCCCC1=C(O)CC(=O)C1. The molecule has 0 aromatic carbocycles.